The molecular formula is C14H16F3NO. The second-order valence-electron chi connectivity index (χ2n) is 4.52. The van der Waals surface area contributed by atoms with E-state index in [0.717, 1.165) is 36.4 Å². The van der Waals surface area contributed by atoms with Crippen molar-refractivity contribution in [2.45, 2.75) is 31.9 Å². The first-order chi connectivity index (χ1) is 9.00. The molecule has 0 aliphatic carbocycles. The zero-order chi connectivity index (χ0) is 13.9. The molecule has 2 rings (SSSR count). The summed E-state index contributed by atoms with van der Waals surface area (Å²) in [7, 11) is 0. The van der Waals surface area contributed by atoms with E-state index in [1.807, 2.05) is 6.92 Å². The first kappa shape index (κ1) is 13.9. The van der Waals surface area contributed by atoms with Gasteiger partial charge in [0.2, 0.25) is 0 Å². The van der Waals surface area contributed by atoms with Crippen molar-refractivity contribution in [3.05, 3.63) is 35.4 Å². The molecule has 0 N–H and O–H groups in total. The molecule has 1 heterocycles. The van der Waals surface area contributed by atoms with Gasteiger partial charge in [0.1, 0.15) is 0 Å². The average Bonchev–Trinajstić information content (AvgIpc) is 2.39. The fourth-order valence-corrected chi connectivity index (χ4v) is 2.18. The molecule has 0 saturated carbocycles. The molecule has 0 fully saturated rings. The second-order valence-corrected chi connectivity index (χ2v) is 4.52. The van der Waals surface area contributed by atoms with E-state index in [2.05, 4.69) is 4.99 Å². The topological polar surface area (TPSA) is 21.6 Å². The number of aliphatic imine (C=N–C) groups is 1. The summed E-state index contributed by atoms with van der Waals surface area (Å²) >= 11 is 0. The van der Waals surface area contributed by atoms with E-state index in [0.29, 0.717) is 13.2 Å². The average molecular weight is 271 g/mol. The van der Waals surface area contributed by atoms with E-state index in [9.17, 15) is 13.2 Å². The number of alkyl halides is 3. The standard InChI is InChI=1S/C14H16F3NO/c1-2-19-13-8-5-11(9-18-13)10-3-6-12(7-4-10)14(15,16)17/h3-4,6-7,11H,2,5,8-9H2,1H3/t11-/m0/s1. The van der Waals surface area contributed by atoms with Gasteiger partial charge in [0.15, 0.2) is 5.90 Å². The van der Waals surface area contributed by atoms with E-state index >= 15 is 0 Å². The summed E-state index contributed by atoms with van der Waals surface area (Å²) in [5.74, 6) is 0.942. The highest BCUT2D eigenvalue weighted by atomic mass is 19.4. The Morgan fingerprint density at radius 3 is 2.42 bits per heavy atom. The Hall–Kier alpha value is -1.52. The van der Waals surface area contributed by atoms with Crippen molar-refractivity contribution >= 4 is 5.90 Å². The Labute approximate surface area is 110 Å². The molecule has 1 atom stereocenters. The Balaban J connectivity index is 2.04. The minimum absolute atomic E-state index is 0.187. The summed E-state index contributed by atoms with van der Waals surface area (Å²) in [6.45, 7) is 3.09. The van der Waals surface area contributed by atoms with Gasteiger partial charge in [-0.25, -0.2) is 0 Å². The number of ether oxygens (including phenoxy) is 1. The summed E-state index contributed by atoms with van der Waals surface area (Å²) in [5.41, 5.74) is 0.304. The van der Waals surface area contributed by atoms with Crippen LogP contribution >= 0.6 is 0 Å². The lowest BCUT2D eigenvalue weighted by atomic mass is 9.92. The lowest BCUT2D eigenvalue weighted by Gasteiger charge is -2.21. The van der Waals surface area contributed by atoms with Crippen molar-refractivity contribution in [2.24, 2.45) is 4.99 Å². The lowest BCUT2D eigenvalue weighted by Crippen LogP contribution is -2.17. The molecule has 0 saturated heterocycles. The molecule has 0 bridgehead atoms. The molecular weight excluding hydrogens is 255 g/mol. The van der Waals surface area contributed by atoms with Crippen LogP contribution < -0.4 is 0 Å². The first-order valence-electron chi connectivity index (χ1n) is 6.34. The quantitative estimate of drug-likeness (QED) is 0.796. The van der Waals surface area contributed by atoms with Gasteiger partial charge < -0.3 is 4.74 Å². The molecule has 104 valence electrons. The minimum atomic E-state index is -4.27. The summed E-state index contributed by atoms with van der Waals surface area (Å²) in [6, 6.07) is 5.37. The number of hydrogen-bond acceptors (Lipinski definition) is 2. The molecule has 1 aromatic rings. The van der Waals surface area contributed by atoms with Crippen molar-refractivity contribution in [1.29, 1.82) is 0 Å². The van der Waals surface area contributed by atoms with Gasteiger partial charge in [0.25, 0.3) is 0 Å². The van der Waals surface area contributed by atoms with Crippen LogP contribution in [-0.2, 0) is 10.9 Å². The van der Waals surface area contributed by atoms with Crippen LogP contribution in [0.3, 0.4) is 0 Å². The maximum atomic E-state index is 12.5. The zero-order valence-electron chi connectivity index (χ0n) is 10.7. The van der Waals surface area contributed by atoms with Gasteiger partial charge in [-0.3, -0.25) is 4.99 Å². The minimum Gasteiger partial charge on any atom is -0.481 e. The second kappa shape index (κ2) is 5.63. The van der Waals surface area contributed by atoms with Gasteiger partial charge in [0.05, 0.1) is 12.2 Å². The van der Waals surface area contributed by atoms with Gasteiger partial charge in [-0.15, -0.1) is 0 Å². The van der Waals surface area contributed by atoms with Crippen molar-refractivity contribution < 1.29 is 17.9 Å². The largest absolute Gasteiger partial charge is 0.481 e. The van der Waals surface area contributed by atoms with E-state index in [1.165, 1.54) is 0 Å². The number of hydrogen-bond donors (Lipinski definition) is 0. The number of halogens is 3. The predicted octanol–water partition coefficient (Wildman–Crippen LogP) is 4.02. The molecule has 1 aromatic carbocycles. The molecule has 0 spiro atoms. The first-order valence-corrected chi connectivity index (χ1v) is 6.34. The highest BCUT2D eigenvalue weighted by Gasteiger charge is 2.30. The molecule has 19 heavy (non-hydrogen) atoms. The van der Waals surface area contributed by atoms with Crippen LogP contribution in [0.25, 0.3) is 0 Å². The highest BCUT2D eigenvalue weighted by molar-refractivity contribution is 5.76. The molecule has 0 aromatic heterocycles. The van der Waals surface area contributed by atoms with Crippen LogP contribution in [0.5, 0.6) is 0 Å². The lowest BCUT2D eigenvalue weighted by molar-refractivity contribution is -0.137. The predicted molar refractivity (Wildman–Crippen MR) is 67.3 cm³/mol. The maximum Gasteiger partial charge on any atom is 0.416 e. The summed E-state index contributed by atoms with van der Waals surface area (Å²) < 4.78 is 42.7. The van der Waals surface area contributed by atoms with Crippen LogP contribution in [0.15, 0.2) is 29.3 Å². The molecule has 0 amide bonds. The maximum absolute atomic E-state index is 12.5. The zero-order valence-corrected chi connectivity index (χ0v) is 10.7. The van der Waals surface area contributed by atoms with Crippen LogP contribution in [-0.4, -0.2) is 19.0 Å². The van der Waals surface area contributed by atoms with Crippen molar-refractivity contribution in [2.75, 3.05) is 13.2 Å². The SMILES string of the molecule is CCOC1=NC[C@@H](c2ccc(C(F)(F)F)cc2)CC1. The van der Waals surface area contributed by atoms with Crippen molar-refractivity contribution in [3.8, 4) is 0 Å². The molecule has 0 unspecified atom stereocenters. The molecule has 1 aliphatic rings. The van der Waals surface area contributed by atoms with Gasteiger partial charge >= 0.3 is 6.18 Å². The van der Waals surface area contributed by atoms with Gasteiger partial charge in [-0.2, -0.15) is 13.2 Å². The smallest absolute Gasteiger partial charge is 0.416 e. The van der Waals surface area contributed by atoms with Gasteiger partial charge in [-0.05, 0) is 31.0 Å². The Morgan fingerprint density at radius 1 is 1.26 bits per heavy atom. The number of benzene rings is 1. The number of nitrogens with zero attached hydrogens (tertiary/aromatic N) is 1. The van der Waals surface area contributed by atoms with Crippen molar-refractivity contribution in [1.82, 2.24) is 0 Å². The number of rotatable bonds is 2. The summed E-state index contributed by atoms with van der Waals surface area (Å²) in [5, 5.41) is 0. The molecule has 5 heteroatoms. The van der Waals surface area contributed by atoms with Crippen LogP contribution in [0.1, 0.15) is 36.8 Å². The van der Waals surface area contributed by atoms with E-state index < -0.39 is 11.7 Å². The van der Waals surface area contributed by atoms with E-state index in [-0.39, 0.29) is 5.92 Å². The third-order valence-corrected chi connectivity index (χ3v) is 3.22. The van der Waals surface area contributed by atoms with Crippen LogP contribution in [0.2, 0.25) is 0 Å². The van der Waals surface area contributed by atoms with Gasteiger partial charge in [0, 0.05) is 18.9 Å². The fourth-order valence-electron chi connectivity index (χ4n) is 2.18. The fraction of sp³-hybridized carbons (Fsp3) is 0.500. The van der Waals surface area contributed by atoms with Crippen LogP contribution in [0.4, 0.5) is 13.2 Å². The van der Waals surface area contributed by atoms with Crippen LogP contribution in [0, 0.1) is 0 Å². The summed E-state index contributed by atoms with van der Waals surface area (Å²) in [6.07, 6.45) is -2.66. The molecule has 0 radical (unpaired) electrons. The van der Waals surface area contributed by atoms with E-state index in [1.54, 1.807) is 12.1 Å². The third-order valence-electron chi connectivity index (χ3n) is 3.22. The molecule has 2 nitrogen and oxygen atoms in total. The van der Waals surface area contributed by atoms with Gasteiger partial charge in [-0.1, -0.05) is 12.1 Å². The van der Waals surface area contributed by atoms with E-state index in [4.69, 9.17) is 4.74 Å². The Bertz CT molecular complexity index is 451. The Morgan fingerprint density at radius 2 is 1.95 bits per heavy atom. The molecule has 1 aliphatic heterocycles. The summed E-state index contributed by atoms with van der Waals surface area (Å²) in [4.78, 5) is 4.32. The third kappa shape index (κ3) is 3.49. The monoisotopic (exact) mass is 271 g/mol. The van der Waals surface area contributed by atoms with Crippen molar-refractivity contribution in [3.63, 3.8) is 0 Å². The normalized spacial score (nSPS) is 20.0. The highest BCUT2D eigenvalue weighted by Crippen LogP contribution is 2.32. The Kier molecular flexibility index (Phi) is 4.12.